The first-order valence-electron chi connectivity index (χ1n) is 9.46. The van der Waals surface area contributed by atoms with Gasteiger partial charge in [0.1, 0.15) is 17.1 Å². The smallest absolute Gasteiger partial charge is 0.352 e. The molecule has 0 amide bonds. The molecule has 0 aliphatic carbocycles. The van der Waals surface area contributed by atoms with Gasteiger partial charge in [0.25, 0.3) is 0 Å². The third-order valence-corrected chi connectivity index (χ3v) is 4.47. The highest BCUT2D eigenvalue weighted by atomic mass is 35.5. The lowest BCUT2D eigenvalue weighted by atomic mass is 10.0. The van der Waals surface area contributed by atoms with Gasteiger partial charge in [-0.2, -0.15) is 0 Å². The van der Waals surface area contributed by atoms with E-state index in [1.807, 2.05) is 55.5 Å². The molecule has 0 spiro atoms. The summed E-state index contributed by atoms with van der Waals surface area (Å²) in [6.45, 7) is 7.58. The van der Waals surface area contributed by atoms with Crippen molar-refractivity contribution in [3.63, 3.8) is 0 Å². The van der Waals surface area contributed by atoms with Crippen LogP contribution in [0, 0.1) is 11.3 Å². The lowest BCUT2D eigenvalue weighted by Gasteiger charge is -2.22. The first kappa shape index (κ1) is 22.0. The summed E-state index contributed by atoms with van der Waals surface area (Å²) in [7, 11) is 0. The third kappa shape index (κ3) is 7.01. The number of esters is 1. The monoisotopic (exact) mass is 401 g/mol. The normalized spacial score (nSPS) is 12.3. The second-order valence-electron chi connectivity index (χ2n) is 7.78. The number of ether oxygens (including phenoxy) is 2. The molecule has 2 rings (SSSR count). The molecule has 28 heavy (non-hydrogen) atoms. The molecule has 0 aromatic heterocycles. The molecular weight excluding hydrogens is 374 g/mol. The minimum atomic E-state index is -0.609. The van der Waals surface area contributed by atoms with Crippen molar-refractivity contribution in [3.05, 3.63) is 64.7 Å². The lowest BCUT2D eigenvalue weighted by molar-refractivity contribution is -0.146. The second kappa shape index (κ2) is 9.74. The summed E-state index contributed by atoms with van der Waals surface area (Å²) in [6.07, 6.45) is 1.45. The molecule has 0 radical (unpaired) electrons. The fourth-order valence-corrected chi connectivity index (χ4v) is 2.77. The molecule has 4 nitrogen and oxygen atoms in total. The van der Waals surface area contributed by atoms with Gasteiger partial charge in [-0.25, -0.2) is 4.79 Å². The molecule has 150 valence electrons. The molecule has 5 heteroatoms. The molecule has 1 N–H and O–H groups in total. The van der Waals surface area contributed by atoms with Crippen LogP contribution in [0.5, 0.6) is 5.75 Å². The van der Waals surface area contributed by atoms with Crippen molar-refractivity contribution in [2.75, 3.05) is 6.61 Å². The number of benzene rings is 2. The van der Waals surface area contributed by atoms with E-state index in [0.29, 0.717) is 6.42 Å². The first-order valence-corrected chi connectivity index (χ1v) is 9.83. The molecule has 1 atom stereocenters. The highest BCUT2D eigenvalue weighted by Crippen LogP contribution is 2.19. The predicted molar refractivity (Wildman–Crippen MR) is 114 cm³/mol. The van der Waals surface area contributed by atoms with Gasteiger partial charge in [-0.3, -0.25) is 5.41 Å². The lowest BCUT2D eigenvalue weighted by Crippen LogP contribution is -2.34. The molecule has 0 saturated heterocycles. The molecule has 0 aliphatic heterocycles. The standard InChI is InChI=1S/C23H28ClNO3/c1-5-18(21(25)22(26)28-23(2,3)4)15-27-20-12-8-17(9-13-20)14-16-6-10-19(24)11-7-16/h6-13,18,25H,5,14-15H2,1-4H3/t18-/m1/s1. The van der Waals surface area contributed by atoms with Crippen molar-refractivity contribution in [2.45, 2.75) is 46.1 Å². The van der Waals surface area contributed by atoms with Crippen LogP contribution in [-0.4, -0.2) is 23.9 Å². The Hall–Kier alpha value is -2.33. The number of rotatable bonds is 8. The largest absolute Gasteiger partial charge is 0.493 e. The van der Waals surface area contributed by atoms with Gasteiger partial charge in [0.15, 0.2) is 0 Å². The van der Waals surface area contributed by atoms with Gasteiger partial charge >= 0.3 is 5.97 Å². The van der Waals surface area contributed by atoms with E-state index in [1.165, 1.54) is 11.1 Å². The maximum absolute atomic E-state index is 12.1. The Balaban J connectivity index is 1.91. The SMILES string of the molecule is CC[C@H](COc1ccc(Cc2ccc(Cl)cc2)cc1)C(=N)C(=O)OC(C)(C)C. The van der Waals surface area contributed by atoms with Gasteiger partial charge < -0.3 is 9.47 Å². The van der Waals surface area contributed by atoms with Crippen molar-refractivity contribution in [1.29, 1.82) is 5.41 Å². The van der Waals surface area contributed by atoms with Gasteiger partial charge in [-0.05, 0) is 69.0 Å². The Morgan fingerprint density at radius 2 is 1.57 bits per heavy atom. The van der Waals surface area contributed by atoms with Gasteiger partial charge in [-0.15, -0.1) is 0 Å². The number of carbonyl (C=O) groups excluding carboxylic acids is 1. The molecule has 0 unspecified atom stereocenters. The number of carbonyl (C=O) groups is 1. The van der Waals surface area contributed by atoms with Gasteiger partial charge in [0, 0.05) is 10.9 Å². The zero-order valence-corrected chi connectivity index (χ0v) is 17.7. The Morgan fingerprint density at radius 1 is 1.04 bits per heavy atom. The van der Waals surface area contributed by atoms with Crippen molar-refractivity contribution < 1.29 is 14.3 Å². The number of nitrogens with one attached hydrogen (secondary N) is 1. The van der Waals surface area contributed by atoms with Crippen LogP contribution in [0.4, 0.5) is 0 Å². The van der Waals surface area contributed by atoms with E-state index in [-0.39, 0.29) is 18.2 Å². The van der Waals surface area contributed by atoms with Crippen LogP contribution in [-0.2, 0) is 16.0 Å². The average Bonchev–Trinajstić information content (AvgIpc) is 2.64. The van der Waals surface area contributed by atoms with Crippen LogP contribution < -0.4 is 4.74 Å². The third-order valence-electron chi connectivity index (χ3n) is 4.22. The van der Waals surface area contributed by atoms with Crippen molar-refractivity contribution in [2.24, 2.45) is 5.92 Å². The molecule has 0 bridgehead atoms. The van der Waals surface area contributed by atoms with Crippen molar-refractivity contribution in [3.8, 4) is 5.75 Å². The highest BCUT2D eigenvalue weighted by Gasteiger charge is 2.26. The summed E-state index contributed by atoms with van der Waals surface area (Å²) in [4.78, 5) is 12.1. The molecule has 0 saturated carbocycles. The van der Waals surface area contributed by atoms with Gasteiger partial charge in [0.2, 0.25) is 0 Å². The summed E-state index contributed by atoms with van der Waals surface area (Å²) in [5.74, 6) is -0.167. The average molecular weight is 402 g/mol. The summed E-state index contributed by atoms with van der Waals surface area (Å²) in [6, 6.07) is 15.7. The zero-order chi connectivity index (χ0) is 20.7. The highest BCUT2D eigenvalue weighted by molar-refractivity contribution is 6.36. The van der Waals surface area contributed by atoms with E-state index >= 15 is 0 Å². The fourth-order valence-electron chi connectivity index (χ4n) is 2.64. The Kier molecular flexibility index (Phi) is 7.64. The van der Waals surface area contributed by atoms with E-state index in [2.05, 4.69) is 0 Å². The first-order chi connectivity index (χ1) is 13.2. The van der Waals surface area contributed by atoms with Gasteiger partial charge in [0.05, 0.1) is 6.61 Å². The maximum Gasteiger partial charge on any atom is 0.352 e. The van der Waals surface area contributed by atoms with Gasteiger partial charge in [-0.1, -0.05) is 42.8 Å². The summed E-state index contributed by atoms with van der Waals surface area (Å²) in [5.41, 5.74) is 1.71. The molecular formula is C23H28ClNO3. The molecule has 0 aliphatic rings. The number of halogens is 1. The van der Waals surface area contributed by atoms with Crippen molar-refractivity contribution >= 4 is 23.3 Å². The minimum absolute atomic E-state index is 0.0446. The van der Waals surface area contributed by atoms with Crippen LogP contribution in [0.1, 0.15) is 45.2 Å². The summed E-state index contributed by atoms with van der Waals surface area (Å²) in [5, 5.41) is 8.84. The Bertz CT molecular complexity index is 792. The van der Waals surface area contributed by atoms with E-state index in [1.54, 1.807) is 20.8 Å². The topological polar surface area (TPSA) is 59.4 Å². The van der Waals surface area contributed by atoms with Crippen LogP contribution >= 0.6 is 11.6 Å². The van der Waals surface area contributed by atoms with E-state index < -0.39 is 11.6 Å². The fraction of sp³-hybridized carbons (Fsp3) is 0.391. The van der Waals surface area contributed by atoms with Crippen LogP contribution in [0.15, 0.2) is 48.5 Å². The molecule has 2 aromatic carbocycles. The zero-order valence-electron chi connectivity index (χ0n) is 16.9. The summed E-state index contributed by atoms with van der Waals surface area (Å²) >= 11 is 5.92. The quantitative estimate of drug-likeness (QED) is 0.456. The maximum atomic E-state index is 12.1. The predicted octanol–water partition coefficient (Wildman–Crippen LogP) is 5.70. The van der Waals surface area contributed by atoms with Crippen LogP contribution in [0.2, 0.25) is 5.02 Å². The molecule has 0 fully saturated rings. The van der Waals surface area contributed by atoms with E-state index in [0.717, 1.165) is 17.2 Å². The Labute approximate surface area is 172 Å². The molecule has 2 aromatic rings. The molecule has 0 heterocycles. The van der Waals surface area contributed by atoms with Crippen LogP contribution in [0.25, 0.3) is 0 Å². The Morgan fingerprint density at radius 3 is 2.07 bits per heavy atom. The summed E-state index contributed by atoms with van der Waals surface area (Å²) < 4.78 is 11.1. The second-order valence-corrected chi connectivity index (χ2v) is 8.22. The minimum Gasteiger partial charge on any atom is -0.493 e. The van der Waals surface area contributed by atoms with Crippen molar-refractivity contribution in [1.82, 2.24) is 0 Å². The van der Waals surface area contributed by atoms with E-state index in [9.17, 15) is 4.79 Å². The number of hydrogen-bond donors (Lipinski definition) is 1. The van der Waals surface area contributed by atoms with E-state index in [4.69, 9.17) is 26.5 Å². The van der Waals surface area contributed by atoms with Crippen LogP contribution in [0.3, 0.4) is 0 Å². The number of hydrogen-bond acceptors (Lipinski definition) is 4.